The zero-order chi connectivity index (χ0) is 21.8. The fourth-order valence-corrected chi connectivity index (χ4v) is 5.09. The summed E-state index contributed by atoms with van der Waals surface area (Å²) in [5.74, 6) is 1.08. The van der Waals surface area contributed by atoms with Crippen molar-refractivity contribution >= 4 is 22.7 Å². The van der Waals surface area contributed by atoms with Gasteiger partial charge in [-0.1, -0.05) is 38.2 Å². The van der Waals surface area contributed by atoms with Crippen LogP contribution in [0.2, 0.25) is 0 Å². The van der Waals surface area contributed by atoms with E-state index in [-0.39, 0.29) is 30.3 Å². The molecule has 1 aliphatic heterocycles. The van der Waals surface area contributed by atoms with E-state index in [1.807, 2.05) is 25.1 Å². The molecular weight excluding hydrogens is 394 g/mol. The molecule has 0 spiro atoms. The van der Waals surface area contributed by atoms with Gasteiger partial charge in [-0.3, -0.25) is 4.79 Å². The van der Waals surface area contributed by atoms with Gasteiger partial charge in [0.2, 0.25) is 5.76 Å². The molecule has 0 radical (unpaired) electrons. The third-order valence-electron chi connectivity index (χ3n) is 6.88. The van der Waals surface area contributed by atoms with Crippen molar-refractivity contribution in [3.63, 3.8) is 0 Å². The molecule has 2 fully saturated rings. The zero-order valence-electron chi connectivity index (χ0n) is 18.5. The number of carbonyl (C=O) groups is 2. The highest BCUT2D eigenvalue weighted by molar-refractivity contribution is 5.93. The number of methoxy groups -OCH3 is 1. The highest BCUT2D eigenvalue weighted by Crippen LogP contribution is 2.36. The molecule has 1 aromatic heterocycles. The lowest BCUT2D eigenvalue weighted by Crippen LogP contribution is -2.40. The Kier molecular flexibility index (Phi) is 7.08. The Morgan fingerprint density at radius 2 is 1.97 bits per heavy atom. The highest BCUT2D eigenvalue weighted by Gasteiger charge is 2.37. The number of carbonyl (C=O) groups excluding carboxylic acids is 2. The maximum atomic E-state index is 13.1. The lowest BCUT2D eigenvalue weighted by atomic mass is 9.75. The number of rotatable bonds is 8. The second kappa shape index (κ2) is 9.96. The predicted octanol–water partition coefficient (Wildman–Crippen LogP) is 4.29. The molecule has 1 saturated heterocycles. The maximum Gasteiger partial charge on any atom is 0.374 e. The van der Waals surface area contributed by atoms with Crippen molar-refractivity contribution in [1.29, 1.82) is 0 Å². The molecule has 3 atom stereocenters. The molecule has 0 bridgehead atoms. The number of ketones is 1. The first kappa shape index (κ1) is 22.0. The van der Waals surface area contributed by atoms with Gasteiger partial charge in [0.1, 0.15) is 12.2 Å². The van der Waals surface area contributed by atoms with E-state index in [4.69, 9.17) is 13.9 Å². The normalized spacial score (nSPS) is 23.2. The molecule has 1 aromatic carbocycles. The van der Waals surface area contributed by atoms with Crippen molar-refractivity contribution in [2.75, 3.05) is 20.3 Å². The van der Waals surface area contributed by atoms with Gasteiger partial charge in [-0.05, 0) is 55.5 Å². The molecule has 4 rings (SSSR count). The molecule has 1 aliphatic carbocycles. The molecule has 1 saturated carbocycles. The Bertz CT molecular complexity index is 914. The van der Waals surface area contributed by atoms with Crippen LogP contribution in [0.15, 0.2) is 28.7 Å². The lowest BCUT2D eigenvalue weighted by molar-refractivity contribution is -0.121. The van der Waals surface area contributed by atoms with Gasteiger partial charge in [-0.2, -0.15) is 0 Å². The van der Waals surface area contributed by atoms with Crippen LogP contribution in [-0.2, 0) is 20.7 Å². The smallest absolute Gasteiger partial charge is 0.374 e. The molecule has 1 N–H and O–H groups in total. The number of furan rings is 1. The van der Waals surface area contributed by atoms with E-state index < -0.39 is 5.97 Å². The Morgan fingerprint density at radius 1 is 1.16 bits per heavy atom. The number of benzene rings is 1. The van der Waals surface area contributed by atoms with E-state index >= 15 is 0 Å². The first-order valence-corrected chi connectivity index (χ1v) is 11.5. The van der Waals surface area contributed by atoms with Gasteiger partial charge < -0.3 is 19.2 Å². The van der Waals surface area contributed by atoms with E-state index in [9.17, 15) is 9.59 Å². The topological polar surface area (TPSA) is 77.8 Å². The first-order valence-electron chi connectivity index (χ1n) is 11.5. The highest BCUT2D eigenvalue weighted by atomic mass is 16.6. The molecule has 6 nitrogen and oxygen atoms in total. The SMILES string of the molecule is CO[C@@H](C)COC(=O)c1cc2cc(CC(=O)[C@H]3NCC[C@H]3C3CCCCC3)ccc2o1. The molecule has 2 aliphatic rings. The number of hydrogen-bond donors (Lipinski definition) is 1. The summed E-state index contributed by atoms with van der Waals surface area (Å²) in [7, 11) is 1.57. The van der Waals surface area contributed by atoms with Crippen molar-refractivity contribution in [2.24, 2.45) is 11.8 Å². The third-order valence-corrected chi connectivity index (χ3v) is 6.88. The molecule has 168 valence electrons. The minimum Gasteiger partial charge on any atom is -0.457 e. The molecule has 31 heavy (non-hydrogen) atoms. The molecule has 0 amide bonds. The van der Waals surface area contributed by atoms with E-state index in [0.717, 1.165) is 23.9 Å². The second-order valence-corrected chi connectivity index (χ2v) is 9.05. The number of fused-ring (bicyclic) bond motifs is 1. The maximum absolute atomic E-state index is 13.1. The monoisotopic (exact) mass is 427 g/mol. The fraction of sp³-hybridized carbons (Fsp3) is 0.600. The minimum atomic E-state index is -0.511. The quantitative estimate of drug-likeness (QED) is 0.633. The molecule has 2 heterocycles. The number of ether oxygens (including phenoxy) is 2. The van der Waals surface area contributed by atoms with Crippen LogP contribution in [0.5, 0.6) is 0 Å². The standard InChI is InChI=1S/C25H33NO5/c1-16(29-2)15-30-25(28)23-14-19-12-17(8-9-22(19)31-23)13-21(27)24-20(10-11-26-24)18-6-4-3-5-7-18/h8-9,12,14,16,18,20,24,26H,3-7,10-11,13,15H2,1-2H3/t16-,20-,24-/m0/s1. The van der Waals surface area contributed by atoms with Crippen LogP contribution in [0, 0.1) is 11.8 Å². The van der Waals surface area contributed by atoms with Crippen molar-refractivity contribution in [1.82, 2.24) is 5.32 Å². The van der Waals surface area contributed by atoms with Gasteiger partial charge in [0.15, 0.2) is 5.78 Å². The fourth-order valence-electron chi connectivity index (χ4n) is 5.09. The van der Waals surface area contributed by atoms with Crippen molar-refractivity contribution in [3.05, 3.63) is 35.6 Å². The van der Waals surface area contributed by atoms with Crippen molar-refractivity contribution in [3.8, 4) is 0 Å². The van der Waals surface area contributed by atoms with Crippen molar-refractivity contribution in [2.45, 2.75) is 64.0 Å². The summed E-state index contributed by atoms with van der Waals surface area (Å²) in [4.78, 5) is 25.3. The number of hydrogen-bond acceptors (Lipinski definition) is 6. The summed E-state index contributed by atoms with van der Waals surface area (Å²) in [6, 6.07) is 7.33. The molecular formula is C25H33NO5. The number of esters is 1. The van der Waals surface area contributed by atoms with Gasteiger partial charge in [0.05, 0.1) is 12.1 Å². The Morgan fingerprint density at radius 3 is 2.74 bits per heavy atom. The summed E-state index contributed by atoms with van der Waals surface area (Å²) in [6.45, 7) is 2.93. The van der Waals surface area contributed by atoms with E-state index in [1.54, 1.807) is 13.2 Å². The summed E-state index contributed by atoms with van der Waals surface area (Å²) in [5, 5.41) is 4.27. The Hall–Kier alpha value is -2.18. The number of nitrogens with one attached hydrogen (secondary N) is 1. The summed E-state index contributed by atoms with van der Waals surface area (Å²) >= 11 is 0. The average molecular weight is 428 g/mol. The van der Waals surface area contributed by atoms with E-state index in [1.165, 1.54) is 32.1 Å². The Labute approximate surface area is 183 Å². The van der Waals surface area contributed by atoms with Crippen LogP contribution in [0.4, 0.5) is 0 Å². The van der Waals surface area contributed by atoms with Crippen LogP contribution >= 0.6 is 0 Å². The molecule has 2 aromatic rings. The van der Waals surface area contributed by atoms with Gasteiger partial charge >= 0.3 is 5.97 Å². The van der Waals surface area contributed by atoms with Crippen LogP contribution in [0.1, 0.15) is 61.6 Å². The Balaban J connectivity index is 1.41. The van der Waals surface area contributed by atoms with E-state index in [2.05, 4.69) is 5.32 Å². The largest absolute Gasteiger partial charge is 0.457 e. The number of Topliss-reactive ketones (excluding diaryl/α,β-unsaturated/α-hetero) is 1. The van der Waals surface area contributed by atoms with Gasteiger partial charge in [0, 0.05) is 18.9 Å². The second-order valence-electron chi connectivity index (χ2n) is 9.05. The summed E-state index contributed by atoms with van der Waals surface area (Å²) in [5.41, 5.74) is 1.56. The van der Waals surface area contributed by atoms with Crippen molar-refractivity contribution < 1.29 is 23.5 Å². The van der Waals surface area contributed by atoms with Crippen LogP contribution in [0.25, 0.3) is 11.0 Å². The third kappa shape index (κ3) is 5.18. The molecule has 0 unspecified atom stereocenters. The first-order chi connectivity index (χ1) is 15.0. The minimum absolute atomic E-state index is 0.0311. The predicted molar refractivity (Wildman–Crippen MR) is 118 cm³/mol. The zero-order valence-corrected chi connectivity index (χ0v) is 18.5. The van der Waals surface area contributed by atoms with Crippen LogP contribution in [0.3, 0.4) is 0 Å². The summed E-state index contributed by atoms with van der Waals surface area (Å²) < 4.78 is 16.0. The van der Waals surface area contributed by atoms with Gasteiger partial charge in [-0.25, -0.2) is 4.79 Å². The van der Waals surface area contributed by atoms with Gasteiger partial charge in [-0.15, -0.1) is 0 Å². The van der Waals surface area contributed by atoms with Crippen LogP contribution in [-0.4, -0.2) is 44.2 Å². The van der Waals surface area contributed by atoms with E-state index in [0.29, 0.717) is 23.8 Å². The summed E-state index contributed by atoms with van der Waals surface area (Å²) in [6.07, 6.45) is 7.79. The van der Waals surface area contributed by atoms with Crippen LogP contribution < -0.4 is 5.32 Å². The average Bonchev–Trinajstić information content (AvgIpc) is 3.45. The molecule has 6 heteroatoms. The lowest BCUT2D eigenvalue weighted by Gasteiger charge is -2.30. The van der Waals surface area contributed by atoms with Gasteiger partial charge in [0.25, 0.3) is 0 Å².